The summed E-state index contributed by atoms with van der Waals surface area (Å²) in [5, 5.41) is 1.49. The maximum atomic E-state index is 15.2. The van der Waals surface area contributed by atoms with Gasteiger partial charge in [0.15, 0.2) is 0 Å². The van der Waals surface area contributed by atoms with Gasteiger partial charge in [0.2, 0.25) is 0 Å². The third kappa shape index (κ3) is 4.26. The zero-order valence-electron chi connectivity index (χ0n) is 16.5. The highest BCUT2D eigenvalue weighted by Crippen LogP contribution is 2.38. The maximum absolute atomic E-state index is 15.2. The molecule has 0 aromatic heterocycles. The van der Waals surface area contributed by atoms with E-state index in [4.69, 9.17) is 0 Å². The molecule has 1 fully saturated rings. The molecular weight excluding hydrogens is 373 g/mol. The molecule has 3 aromatic carbocycles. The van der Waals surface area contributed by atoms with E-state index in [1.165, 1.54) is 49.8 Å². The molecule has 0 bridgehead atoms. The Hall–Kier alpha value is -2.49. The Morgan fingerprint density at radius 1 is 0.931 bits per heavy atom. The van der Waals surface area contributed by atoms with Crippen molar-refractivity contribution in [2.45, 2.75) is 51.6 Å². The number of hydrogen-bond donors (Lipinski definition) is 0. The SMILES string of the molecule is CCC1CCC(c2ccc3c(F)c(-c4ccc(OC(F)F)cc4)ccc3c2)CC1. The Morgan fingerprint density at radius 2 is 1.66 bits per heavy atom. The monoisotopic (exact) mass is 398 g/mol. The summed E-state index contributed by atoms with van der Waals surface area (Å²) in [6.07, 6.45) is 6.22. The van der Waals surface area contributed by atoms with E-state index in [2.05, 4.69) is 23.8 Å². The Bertz CT molecular complexity index is 973. The fraction of sp³-hybridized carbons (Fsp3) is 0.360. The molecule has 0 radical (unpaired) electrons. The summed E-state index contributed by atoms with van der Waals surface area (Å²) >= 11 is 0. The number of ether oxygens (including phenoxy) is 1. The number of alkyl halides is 2. The lowest BCUT2D eigenvalue weighted by Crippen LogP contribution is -2.12. The molecule has 0 heterocycles. The molecule has 1 aliphatic carbocycles. The molecule has 1 aliphatic rings. The van der Waals surface area contributed by atoms with Crippen LogP contribution >= 0.6 is 0 Å². The van der Waals surface area contributed by atoms with Gasteiger partial charge in [-0.05, 0) is 66.2 Å². The second-order valence-corrected chi connectivity index (χ2v) is 7.94. The van der Waals surface area contributed by atoms with Gasteiger partial charge in [-0.25, -0.2) is 4.39 Å². The molecule has 1 nitrogen and oxygen atoms in total. The molecule has 0 atom stereocenters. The quantitative estimate of drug-likeness (QED) is 0.424. The van der Waals surface area contributed by atoms with Crippen LogP contribution in [0.1, 0.15) is 50.5 Å². The Balaban J connectivity index is 1.59. The van der Waals surface area contributed by atoms with Crippen molar-refractivity contribution >= 4 is 10.8 Å². The van der Waals surface area contributed by atoms with Crippen molar-refractivity contribution < 1.29 is 17.9 Å². The van der Waals surface area contributed by atoms with Crippen LogP contribution in [-0.4, -0.2) is 6.61 Å². The number of halogens is 3. The van der Waals surface area contributed by atoms with Gasteiger partial charge in [0.1, 0.15) is 11.6 Å². The normalized spacial score (nSPS) is 19.6. The van der Waals surface area contributed by atoms with E-state index in [9.17, 15) is 8.78 Å². The minimum atomic E-state index is -2.87. The highest BCUT2D eigenvalue weighted by atomic mass is 19.3. The number of fused-ring (bicyclic) bond motifs is 1. The third-order valence-electron chi connectivity index (χ3n) is 6.26. The van der Waals surface area contributed by atoms with Crippen LogP contribution in [0.2, 0.25) is 0 Å². The molecular formula is C25H25F3O. The summed E-state index contributed by atoms with van der Waals surface area (Å²) < 4.78 is 44.2. The predicted molar refractivity (Wildman–Crippen MR) is 111 cm³/mol. The van der Waals surface area contributed by atoms with Gasteiger partial charge >= 0.3 is 6.61 Å². The molecule has 0 spiro atoms. The van der Waals surface area contributed by atoms with Gasteiger partial charge in [-0.3, -0.25) is 0 Å². The summed E-state index contributed by atoms with van der Waals surface area (Å²) in [7, 11) is 0. The van der Waals surface area contributed by atoms with Crippen LogP contribution in [0.15, 0.2) is 54.6 Å². The standard InChI is InChI=1S/C25H25F3O/c1-2-16-3-5-17(6-4-16)19-9-13-23-20(15-19)10-14-22(24(23)26)18-7-11-21(12-8-18)29-25(27)28/h7-17,25H,2-6H2,1H3. The molecule has 0 unspecified atom stereocenters. The van der Waals surface area contributed by atoms with Crippen molar-refractivity contribution in [1.29, 1.82) is 0 Å². The topological polar surface area (TPSA) is 9.23 Å². The van der Waals surface area contributed by atoms with E-state index < -0.39 is 6.61 Å². The molecule has 1 saturated carbocycles. The number of rotatable bonds is 5. The highest BCUT2D eigenvalue weighted by molar-refractivity contribution is 5.89. The summed E-state index contributed by atoms with van der Waals surface area (Å²) in [4.78, 5) is 0. The lowest BCUT2D eigenvalue weighted by molar-refractivity contribution is -0.0498. The molecule has 3 aromatic rings. The van der Waals surface area contributed by atoms with Crippen LogP contribution < -0.4 is 4.74 Å². The fourth-order valence-electron chi connectivity index (χ4n) is 4.51. The van der Waals surface area contributed by atoms with E-state index >= 15 is 4.39 Å². The first kappa shape index (κ1) is 19.8. The van der Waals surface area contributed by atoms with E-state index in [1.807, 2.05) is 12.1 Å². The largest absolute Gasteiger partial charge is 0.435 e. The first-order chi connectivity index (χ1) is 14.0. The molecule has 0 N–H and O–H groups in total. The third-order valence-corrected chi connectivity index (χ3v) is 6.26. The average molecular weight is 398 g/mol. The summed E-state index contributed by atoms with van der Waals surface area (Å²) in [5.41, 5.74) is 2.39. The molecule has 0 amide bonds. The van der Waals surface area contributed by atoms with Gasteiger partial charge in [0.05, 0.1) is 0 Å². The smallest absolute Gasteiger partial charge is 0.387 e. The minimum absolute atomic E-state index is 0.0624. The predicted octanol–water partition coefficient (Wildman–Crippen LogP) is 7.93. The van der Waals surface area contributed by atoms with Gasteiger partial charge in [-0.2, -0.15) is 8.78 Å². The Morgan fingerprint density at radius 3 is 2.31 bits per heavy atom. The average Bonchev–Trinajstić information content (AvgIpc) is 2.74. The van der Waals surface area contributed by atoms with Crippen LogP contribution in [0.3, 0.4) is 0 Å². The number of hydrogen-bond acceptors (Lipinski definition) is 1. The van der Waals surface area contributed by atoms with E-state index in [0.717, 1.165) is 11.3 Å². The second-order valence-electron chi connectivity index (χ2n) is 7.94. The van der Waals surface area contributed by atoms with E-state index in [1.54, 1.807) is 18.2 Å². The summed E-state index contributed by atoms with van der Waals surface area (Å²) in [6, 6.07) is 15.8. The maximum Gasteiger partial charge on any atom is 0.387 e. The van der Waals surface area contributed by atoms with Crippen molar-refractivity contribution in [3.05, 3.63) is 66.0 Å². The molecule has 4 rings (SSSR count). The van der Waals surface area contributed by atoms with Gasteiger partial charge in [0.25, 0.3) is 0 Å². The van der Waals surface area contributed by atoms with Crippen molar-refractivity contribution in [2.75, 3.05) is 0 Å². The molecule has 4 heteroatoms. The Kier molecular flexibility index (Phi) is 5.79. The van der Waals surface area contributed by atoms with Gasteiger partial charge in [0, 0.05) is 10.9 Å². The van der Waals surface area contributed by atoms with Crippen molar-refractivity contribution in [2.24, 2.45) is 5.92 Å². The molecule has 0 saturated heterocycles. The van der Waals surface area contributed by atoms with Gasteiger partial charge in [-0.1, -0.05) is 55.8 Å². The van der Waals surface area contributed by atoms with Crippen molar-refractivity contribution in [3.8, 4) is 16.9 Å². The lowest BCUT2D eigenvalue weighted by Gasteiger charge is -2.28. The van der Waals surface area contributed by atoms with Crippen LogP contribution in [0.25, 0.3) is 21.9 Å². The lowest BCUT2D eigenvalue weighted by atomic mass is 9.77. The number of benzene rings is 3. The highest BCUT2D eigenvalue weighted by Gasteiger charge is 2.22. The van der Waals surface area contributed by atoms with E-state index in [-0.39, 0.29) is 11.6 Å². The first-order valence-electron chi connectivity index (χ1n) is 10.3. The fourth-order valence-corrected chi connectivity index (χ4v) is 4.51. The Labute approximate surface area is 169 Å². The molecule has 29 heavy (non-hydrogen) atoms. The van der Waals surface area contributed by atoms with Crippen LogP contribution in [0.5, 0.6) is 5.75 Å². The van der Waals surface area contributed by atoms with Crippen molar-refractivity contribution in [1.82, 2.24) is 0 Å². The zero-order chi connectivity index (χ0) is 20.4. The second kappa shape index (κ2) is 8.48. The van der Waals surface area contributed by atoms with Gasteiger partial charge in [-0.15, -0.1) is 0 Å². The van der Waals surface area contributed by atoms with Crippen LogP contribution in [-0.2, 0) is 0 Å². The van der Waals surface area contributed by atoms with Crippen LogP contribution in [0.4, 0.5) is 13.2 Å². The van der Waals surface area contributed by atoms with Crippen LogP contribution in [0, 0.1) is 11.7 Å². The van der Waals surface area contributed by atoms with Gasteiger partial charge < -0.3 is 4.74 Å². The summed E-state index contributed by atoms with van der Waals surface area (Å²) in [5.74, 6) is 1.19. The minimum Gasteiger partial charge on any atom is -0.435 e. The zero-order valence-corrected chi connectivity index (χ0v) is 16.5. The first-order valence-corrected chi connectivity index (χ1v) is 10.3. The van der Waals surface area contributed by atoms with Crippen molar-refractivity contribution in [3.63, 3.8) is 0 Å². The molecule has 0 aliphatic heterocycles. The summed E-state index contributed by atoms with van der Waals surface area (Å²) in [6.45, 7) is -0.606. The molecule has 152 valence electrons. The van der Waals surface area contributed by atoms with E-state index in [0.29, 0.717) is 22.4 Å².